The molecule has 0 aliphatic rings. The molecule has 2 unspecified atom stereocenters. The van der Waals surface area contributed by atoms with Crippen LogP contribution in [0.3, 0.4) is 0 Å². The first-order valence-electron chi connectivity index (χ1n) is 4.66. The van der Waals surface area contributed by atoms with Crippen molar-refractivity contribution in [2.75, 3.05) is 0 Å². The number of carbonyl (C=O) groups is 1. The molecule has 0 fully saturated rings. The van der Waals surface area contributed by atoms with Crippen LogP contribution < -0.4 is 5.73 Å². The molecule has 8 heteroatoms. The molecule has 1 amide bonds. The van der Waals surface area contributed by atoms with E-state index >= 15 is 0 Å². The Bertz CT molecular complexity index is 461. The predicted octanol–water partition coefficient (Wildman–Crippen LogP) is 0.724. The standard InChI is InChI=1S/C10H9F4NO3/c11-6-2-1-4(10(12,13)14)3-5(6)7(16)8(17)9(15)18/h1-3,7-8,16-17H,(H2,15,18). The first kappa shape index (κ1) is 14.4. The lowest BCUT2D eigenvalue weighted by atomic mass is 10.0. The van der Waals surface area contributed by atoms with E-state index in [0.29, 0.717) is 18.2 Å². The summed E-state index contributed by atoms with van der Waals surface area (Å²) in [6, 6.07) is 1.27. The quantitative estimate of drug-likeness (QED) is 0.706. The summed E-state index contributed by atoms with van der Waals surface area (Å²) in [6.45, 7) is 0. The van der Waals surface area contributed by atoms with E-state index in [9.17, 15) is 27.5 Å². The maximum atomic E-state index is 13.2. The van der Waals surface area contributed by atoms with Crippen LogP contribution in [0.4, 0.5) is 17.6 Å². The number of carbonyl (C=O) groups excluding carboxylic acids is 1. The fourth-order valence-corrected chi connectivity index (χ4v) is 1.27. The highest BCUT2D eigenvalue weighted by Crippen LogP contribution is 2.32. The summed E-state index contributed by atoms with van der Waals surface area (Å²) < 4.78 is 50.3. The predicted molar refractivity (Wildman–Crippen MR) is 51.6 cm³/mol. The van der Waals surface area contributed by atoms with Crippen LogP contribution in [0.1, 0.15) is 17.2 Å². The highest BCUT2D eigenvalue weighted by atomic mass is 19.4. The largest absolute Gasteiger partial charge is 0.416 e. The Balaban J connectivity index is 3.20. The number of alkyl halides is 3. The SMILES string of the molecule is NC(=O)C(O)C(O)c1cc(C(F)(F)F)ccc1F. The Kier molecular flexibility index (Phi) is 3.92. The van der Waals surface area contributed by atoms with Gasteiger partial charge in [-0.2, -0.15) is 13.2 Å². The fraction of sp³-hybridized carbons (Fsp3) is 0.300. The lowest BCUT2D eigenvalue weighted by molar-refractivity contribution is -0.137. The first-order valence-corrected chi connectivity index (χ1v) is 4.66. The zero-order valence-corrected chi connectivity index (χ0v) is 8.78. The van der Waals surface area contributed by atoms with Gasteiger partial charge in [0.05, 0.1) is 5.56 Å². The minimum atomic E-state index is -4.74. The first-order chi connectivity index (χ1) is 8.14. The van der Waals surface area contributed by atoms with Crippen LogP contribution in [0.15, 0.2) is 18.2 Å². The second-order valence-corrected chi connectivity index (χ2v) is 3.53. The third-order valence-corrected chi connectivity index (χ3v) is 2.23. The molecular weight excluding hydrogens is 258 g/mol. The van der Waals surface area contributed by atoms with E-state index < -0.39 is 41.2 Å². The maximum absolute atomic E-state index is 13.2. The molecule has 0 aliphatic carbocycles. The number of nitrogens with two attached hydrogens (primary N) is 1. The summed E-state index contributed by atoms with van der Waals surface area (Å²) in [6.07, 6.45) is -9.09. The minimum absolute atomic E-state index is 0.312. The molecule has 1 rings (SSSR count). The van der Waals surface area contributed by atoms with Crippen LogP contribution in [0, 0.1) is 5.82 Å². The molecule has 0 radical (unpaired) electrons. The van der Waals surface area contributed by atoms with E-state index in [1.807, 2.05) is 0 Å². The summed E-state index contributed by atoms with van der Waals surface area (Å²) in [5.41, 5.74) is 2.59. The number of aliphatic hydroxyl groups excluding tert-OH is 2. The van der Waals surface area contributed by atoms with E-state index in [4.69, 9.17) is 5.11 Å². The normalized spacial score (nSPS) is 15.2. The summed E-state index contributed by atoms with van der Waals surface area (Å²) in [7, 11) is 0. The molecule has 0 saturated carbocycles. The Morgan fingerprint density at radius 2 is 1.83 bits per heavy atom. The summed E-state index contributed by atoms with van der Waals surface area (Å²) >= 11 is 0. The molecule has 2 atom stereocenters. The lowest BCUT2D eigenvalue weighted by Gasteiger charge is -2.17. The van der Waals surface area contributed by atoms with Gasteiger partial charge in [-0.3, -0.25) is 4.79 Å². The molecule has 1 aromatic rings. The number of aliphatic hydroxyl groups is 2. The van der Waals surface area contributed by atoms with E-state index in [1.165, 1.54) is 0 Å². The van der Waals surface area contributed by atoms with Gasteiger partial charge in [0.2, 0.25) is 5.91 Å². The van der Waals surface area contributed by atoms with Gasteiger partial charge in [-0.15, -0.1) is 0 Å². The van der Waals surface area contributed by atoms with Gasteiger partial charge in [0, 0.05) is 5.56 Å². The molecule has 0 bridgehead atoms. The maximum Gasteiger partial charge on any atom is 0.416 e. The van der Waals surface area contributed by atoms with E-state index in [2.05, 4.69) is 5.73 Å². The fourth-order valence-electron chi connectivity index (χ4n) is 1.27. The van der Waals surface area contributed by atoms with Crippen molar-refractivity contribution in [2.45, 2.75) is 18.4 Å². The molecule has 4 N–H and O–H groups in total. The molecule has 0 saturated heterocycles. The van der Waals surface area contributed by atoms with Crippen molar-refractivity contribution in [1.82, 2.24) is 0 Å². The average Bonchev–Trinajstić information content (AvgIpc) is 2.26. The van der Waals surface area contributed by atoms with Crippen molar-refractivity contribution >= 4 is 5.91 Å². The van der Waals surface area contributed by atoms with Crippen molar-refractivity contribution in [1.29, 1.82) is 0 Å². The molecule has 0 heterocycles. The van der Waals surface area contributed by atoms with Gasteiger partial charge >= 0.3 is 6.18 Å². The zero-order chi connectivity index (χ0) is 14.1. The van der Waals surface area contributed by atoms with Crippen molar-refractivity contribution in [2.24, 2.45) is 5.73 Å². The number of rotatable bonds is 3. The topological polar surface area (TPSA) is 83.6 Å². The second-order valence-electron chi connectivity index (χ2n) is 3.53. The van der Waals surface area contributed by atoms with Gasteiger partial charge in [-0.25, -0.2) is 4.39 Å². The molecule has 18 heavy (non-hydrogen) atoms. The van der Waals surface area contributed by atoms with Gasteiger partial charge in [0.25, 0.3) is 0 Å². The molecule has 1 aromatic carbocycles. The Labute approximate surface area is 98.6 Å². The van der Waals surface area contributed by atoms with E-state index in [1.54, 1.807) is 0 Å². The van der Waals surface area contributed by atoms with E-state index in [0.717, 1.165) is 0 Å². The monoisotopic (exact) mass is 267 g/mol. The van der Waals surface area contributed by atoms with Gasteiger partial charge in [0.15, 0.2) is 6.10 Å². The van der Waals surface area contributed by atoms with Crippen LogP contribution in [0.2, 0.25) is 0 Å². The van der Waals surface area contributed by atoms with Crippen molar-refractivity contribution in [3.05, 3.63) is 35.1 Å². The number of halogens is 4. The Hall–Kier alpha value is -1.67. The number of primary amides is 1. The van der Waals surface area contributed by atoms with Crippen LogP contribution in [0.5, 0.6) is 0 Å². The smallest absolute Gasteiger partial charge is 0.385 e. The molecule has 0 aromatic heterocycles. The average molecular weight is 267 g/mol. The second kappa shape index (κ2) is 4.91. The Morgan fingerprint density at radius 1 is 1.28 bits per heavy atom. The number of benzene rings is 1. The highest BCUT2D eigenvalue weighted by molar-refractivity contribution is 5.79. The number of hydrogen-bond donors (Lipinski definition) is 3. The third-order valence-electron chi connectivity index (χ3n) is 2.23. The molecule has 100 valence electrons. The molecule has 0 aliphatic heterocycles. The number of hydrogen-bond acceptors (Lipinski definition) is 3. The molecular formula is C10H9F4NO3. The molecule has 0 spiro atoms. The van der Waals surface area contributed by atoms with Crippen LogP contribution >= 0.6 is 0 Å². The Morgan fingerprint density at radius 3 is 2.28 bits per heavy atom. The summed E-state index contributed by atoms with van der Waals surface area (Å²) in [4.78, 5) is 10.6. The van der Waals surface area contributed by atoms with Gasteiger partial charge in [-0.1, -0.05) is 0 Å². The van der Waals surface area contributed by atoms with Crippen LogP contribution in [-0.2, 0) is 11.0 Å². The van der Waals surface area contributed by atoms with Gasteiger partial charge in [-0.05, 0) is 18.2 Å². The zero-order valence-electron chi connectivity index (χ0n) is 8.78. The summed E-state index contributed by atoms with van der Waals surface area (Å²) in [5, 5.41) is 18.5. The minimum Gasteiger partial charge on any atom is -0.385 e. The van der Waals surface area contributed by atoms with Crippen LogP contribution in [0.25, 0.3) is 0 Å². The van der Waals surface area contributed by atoms with Crippen molar-refractivity contribution in [3.8, 4) is 0 Å². The van der Waals surface area contributed by atoms with Crippen molar-refractivity contribution in [3.63, 3.8) is 0 Å². The van der Waals surface area contributed by atoms with Gasteiger partial charge < -0.3 is 15.9 Å². The lowest BCUT2D eigenvalue weighted by Crippen LogP contribution is -2.34. The van der Waals surface area contributed by atoms with Crippen LogP contribution in [-0.4, -0.2) is 22.2 Å². The van der Waals surface area contributed by atoms with Crippen molar-refractivity contribution < 1.29 is 32.6 Å². The number of amides is 1. The van der Waals surface area contributed by atoms with E-state index in [-0.39, 0.29) is 0 Å². The third kappa shape index (κ3) is 2.96. The van der Waals surface area contributed by atoms with Gasteiger partial charge in [0.1, 0.15) is 11.9 Å². The summed E-state index contributed by atoms with van der Waals surface area (Å²) in [5.74, 6) is -2.56. The highest BCUT2D eigenvalue weighted by Gasteiger charge is 2.33. The molecule has 4 nitrogen and oxygen atoms in total.